The van der Waals surface area contributed by atoms with Crippen LogP contribution in [0.25, 0.3) is 0 Å². The van der Waals surface area contributed by atoms with E-state index >= 15 is 0 Å². The van der Waals surface area contributed by atoms with Gasteiger partial charge in [0.25, 0.3) is 0 Å². The molecule has 0 atom stereocenters. The Bertz CT molecular complexity index is 172. The van der Waals surface area contributed by atoms with Crippen molar-refractivity contribution in [3.63, 3.8) is 0 Å². The minimum Gasteiger partial charge on any atom is -0.472 e. The van der Waals surface area contributed by atoms with Crippen molar-refractivity contribution in [3.8, 4) is 0 Å². The van der Waals surface area contributed by atoms with E-state index in [1.54, 1.807) is 12.5 Å². The van der Waals surface area contributed by atoms with E-state index in [9.17, 15) is 0 Å². The average molecular weight is 172 g/mol. The molecule has 0 unspecified atom stereocenters. The van der Waals surface area contributed by atoms with E-state index in [2.05, 4.69) is 0 Å². The van der Waals surface area contributed by atoms with Gasteiger partial charge in [-0.05, 0) is 18.2 Å². The van der Waals surface area contributed by atoms with Gasteiger partial charge in [0, 0.05) is 17.9 Å². The molecule has 0 saturated carbocycles. The SMILES string of the molecule is OCCCSCc1ccoc1. The van der Waals surface area contributed by atoms with E-state index in [4.69, 9.17) is 9.52 Å². The summed E-state index contributed by atoms with van der Waals surface area (Å²) in [4.78, 5) is 0. The van der Waals surface area contributed by atoms with Crippen LogP contribution in [0.2, 0.25) is 0 Å². The molecule has 0 saturated heterocycles. The second-order valence-electron chi connectivity index (χ2n) is 2.26. The predicted molar refractivity (Wildman–Crippen MR) is 46.6 cm³/mol. The van der Waals surface area contributed by atoms with Crippen molar-refractivity contribution in [3.05, 3.63) is 24.2 Å². The van der Waals surface area contributed by atoms with E-state index in [0.29, 0.717) is 6.61 Å². The third-order valence-electron chi connectivity index (χ3n) is 1.30. The average Bonchev–Trinajstić information content (AvgIpc) is 2.50. The number of thioether (sulfide) groups is 1. The van der Waals surface area contributed by atoms with E-state index in [0.717, 1.165) is 17.9 Å². The fourth-order valence-corrected chi connectivity index (χ4v) is 1.61. The van der Waals surface area contributed by atoms with Crippen LogP contribution in [-0.2, 0) is 5.75 Å². The van der Waals surface area contributed by atoms with Gasteiger partial charge in [0.1, 0.15) is 0 Å². The van der Waals surface area contributed by atoms with Gasteiger partial charge in [-0.2, -0.15) is 11.8 Å². The standard InChI is InChI=1S/C8H12O2S/c9-3-1-5-11-7-8-2-4-10-6-8/h2,4,6,9H,1,3,5,7H2. The lowest BCUT2D eigenvalue weighted by atomic mass is 10.4. The van der Waals surface area contributed by atoms with Crippen molar-refractivity contribution in [1.82, 2.24) is 0 Å². The summed E-state index contributed by atoms with van der Waals surface area (Å²) in [7, 11) is 0. The summed E-state index contributed by atoms with van der Waals surface area (Å²) in [6.07, 6.45) is 4.32. The molecule has 0 aliphatic rings. The number of hydrogen-bond acceptors (Lipinski definition) is 3. The van der Waals surface area contributed by atoms with Crippen molar-refractivity contribution in [2.75, 3.05) is 12.4 Å². The normalized spacial score (nSPS) is 10.3. The first-order valence-corrected chi connectivity index (χ1v) is 4.78. The first-order valence-electron chi connectivity index (χ1n) is 3.63. The van der Waals surface area contributed by atoms with E-state index in [1.807, 2.05) is 17.8 Å². The number of aliphatic hydroxyl groups is 1. The van der Waals surface area contributed by atoms with Crippen LogP contribution >= 0.6 is 11.8 Å². The summed E-state index contributed by atoms with van der Waals surface area (Å²) in [5.74, 6) is 2.00. The van der Waals surface area contributed by atoms with Gasteiger partial charge in [-0.15, -0.1) is 0 Å². The van der Waals surface area contributed by atoms with Crippen molar-refractivity contribution >= 4 is 11.8 Å². The molecule has 1 rings (SSSR count). The molecule has 2 nitrogen and oxygen atoms in total. The maximum atomic E-state index is 8.49. The molecule has 1 heterocycles. The Morgan fingerprint density at radius 2 is 2.45 bits per heavy atom. The lowest BCUT2D eigenvalue weighted by Gasteiger charge is -1.95. The zero-order valence-corrected chi connectivity index (χ0v) is 7.14. The summed E-state index contributed by atoms with van der Waals surface area (Å²) in [5.41, 5.74) is 1.22. The van der Waals surface area contributed by atoms with Crippen LogP contribution in [0.15, 0.2) is 23.0 Å². The van der Waals surface area contributed by atoms with Gasteiger partial charge >= 0.3 is 0 Å². The Hall–Kier alpha value is -0.410. The van der Waals surface area contributed by atoms with Crippen LogP contribution in [-0.4, -0.2) is 17.5 Å². The van der Waals surface area contributed by atoms with Crippen LogP contribution in [0.5, 0.6) is 0 Å². The summed E-state index contributed by atoms with van der Waals surface area (Å²) in [6, 6.07) is 1.96. The highest BCUT2D eigenvalue weighted by molar-refractivity contribution is 7.98. The third kappa shape index (κ3) is 3.49. The molecule has 0 spiro atoms. The predicted octanol–water partition coefficient (Wildman–Crippen LogP) is 1.90. The van der Waals surface area contributed by atoms with Gasteiger partial charge in [-0.25, -0.2) is 0 Å². The lowest BCUT2D eigenvalue weighted by molar-refractivity contribution is 0.296. The van der Waals surface area contributed by atoms with Crippen molar-refractivity contribution in [2.45, 2.75) is 12.2 Å². The Morgan fingerprint density at radius 1 is 1.55 bits per heavy atom. The molecule has 0 aliphatic heterocycles. The highest BCUT2D eigenvalue weighted by Crippen LogP contribution is 2.12. The molecular formula is C8H12O2S. The Balaban J connectivity index is 2.04. The Kier molecular flexibility index (Phi) is 4.16. The second-order valence-corrected chi connectivity index (χ2v) is 3.37. The van der Waals surface area contributed by atoms with Gasteiger partial charge in [0.05, 0.1) is 12.5 Å². The number of aliphatic hydroxyl groups excluding tert-OH is 1. The number of hydrogen-bond donors (Lipinski definition) is 1. The van der Waals surface area contributed by atoms with Gasteiger partial charge < -0.3 is 9.52 Å². The summed E-state index contributed by atoms with van der Waals surface area (Å²) in [5, 5.41) is 8.49. The maximum Gasteiger partial charge on any atom is 0.0942 e. The number of furan rings is 1. The topological polar surface area (TPSA) is 33.4 Å². The largest absolute Gasteiger partial charge is 0.472 e. The molecule has 3 heteroatoms. The van der Waals surface area contributed by atoms with E-state index in [1.165, 1.54) is 5.56 Å². The third-order valence-corrected chi connectivity index (χ3v) is 2.41. The molecule has 0 fully saturated rings. The lowest BCUT2D eigenvalue weighted by Crippen LogP contribution is -1.85. The van der Waals surface area contributed by atoms with Gasteiger partial charge in [-0.1, -0.05) is 0 Å². The Labute approximate surface area is 70.6 Å². The molecule has 0 radical (unpaired) electrons. The molecule has 1 aromatic heterocycles. The second kappa shape index (κ2) is 5.27. The molecule has 0 aromatic carbocycles. The molecule has 1 aromatic rings. The van der Waals surface area contributed by atoms with Crippen molar-refractivity contribution < 1.29 is 9.52 Å². The van der Waals surface area contributed by atoms with E-state index in [-0.39, 0.29) is 0 Å². The summed E-state index contributed by atoms with van der Waals surface area (Å²) < 4.78 is 4.91. The monoisotopic (exact) mass is 172 g/mol. The molecule has 0 aliphatic carbocycles. The first kappa shape index (κ1) is 8.68. The quantitative estimate of drug-likeness (QED) is 0.689. The minimum absolute atomic E-state index is 0.290. The van der Waals surface area contributed by atoms with Crippen LogP contribution in [0.4, 0.5) is 0 Å². The van der Waals surface area contributed by atoms with Crippen LogP contribution in [0.1, 0.15) is 12.0 Å². The highest BCUT2D eigenvalue weighted by Gasteiger charge is 1.93. The van der Waals surface area contributed by atoms with Gasteiger partial charge in [-0.3, -0.25) is 0 Å². The minimum atomic E-state index is 0.290. The van der Waals surface area contributed by atoms with E-state index < -0.39 is 0 Å². The molecule has 62 valence electrons. The number of rotatable bonds is 5. The van der Waals surface area contributed by atoms with Crippen LogP contribution in [0.3, 0.4) is 0 Å². The zero-order valence-electron chi connectivity index (χ0n) is 6.32. The van der Waals surface area contributed by atoms with Crippen molar-refractivity contribution in [1.29, 1.82) is 0 Å². The summed E-state index contributed by atoms with van der Waals surface area (Å²) >= 11 is 1.82. The molecule has 11 heavy (non-hydrogen) atoms. The summed E-state index contributed by atoms with van der Waals surface area (Å²) in [6.45, 7) is 0.290. The molecular weight excluding hydrogens is 160 g/mol. The molecule has 0 bridgehead atoms. The highest BCUT2D eigenvalue weighted by atomic mass is 32.2. The zero-order chi connectivity index (χ0) is 7.94. The van der Waals surface area contributed by atoms with Gasteiger partial charge in [0.15, 0.2) is 0 Å². The first-order chi connectivity index (χ1) is 5.43. The fraction of sp³-hybridized carbons (Fsp3) is 0.500. The smallest absolute Gasteiger partial charge is 0.0942 e. The van der Waals surface area contributed by atoms with Crippen LogP contribution in [0, 0.1) is 0 Å². The Morgan fingerprint density at radius 3 is 3.09 bits per heavy atom. The fourth-order valence-electron chi connectivity index (χ4n) is 0.731. The maximum absolute atomic E-state index is 8.49. The van der Waals surface area contributed by atoms with Gasteiger partial charge in [0.2, 0.25) is 0 Å². The molecule has 1 N–H and O–H groups in total. The van der Waals surface area contributed by atoms with Crippen molar-refractivity contribution in [2.24, 2.45) is 0 Å². The molecule has 0 amide bonds. The van der Waals surface area contributed by atoms with Crippen LogP contribution < -0.4 is 0 Å².